The smallest absolute Gasteiger partial charge is 0.280 e. The van der Waals surface area contributed by atoms with Gasteiger partial charge >= 0.3 is 12.3 Å². The molecule has 1 nitrogen and oxygen atoms in total. The fourth-order valence-corrected chi connectivity index (χ4v) is 0.259. The van der Waals surface area contributed by atoms with Crippen LogP contribution in [0.3, 0.4) is 0 Å². The monoisotopic (exact) mass is 208 g/mol. The SMILES string of the molecule is O=C(Br)C(F)(F)C(F)F. The van der Waals surface area contributed by atoms with Crippen LogP contribution in [0.4, 0.5) is 17.6 Å². The molecule has 0 amide bonds. The Morgan fingerprint density at radius 2 is 1.78 bits per heavy atom. The molecule has 6 heteroatoms. The van der Waals surface area contributed by atoms with E-state index in [-0.39, 0.29) is 0 Å². The molecule has 0 radical (unpaired) electrons. The van der Waals surface area contributed by atoms with E-state index >= 15 is 0 Å². The third-order valence-electron chi connectivity index (χ3n) is 0.536. The number of rotatable bonds is 2. The Kier molecular flexibility index (Phi) is 2.60. The molecule has 54 valence electrons. The molecule has 0 aromatic carbocycles. The van der Waals surface area contributed by atoms with Gasteiger partial charge in [-0.1, -0.05) is 0 Å². The van der Waals surface area contributed by atoms with Gasteiger partial charge in [0.05, 0.1) is 0 Å². The lowest BCUT2D eigenvalue weighted by Crippen LogP contribution is -2.32. The van der Waals surface area contributed by atoms with Crippen LogP contribution in [0.25, 0.3) is 0 Å². The largest absolute Gasteiger partial charge is 0.374 e. The lowest BCUT2D eigenvalue weighted by atomic mass is 10.4. The maximum Gasteiger partial charge on any atom is 0.374 e. The molecular weight excluding hydrogens is 208 g/mol. The topological polar surface area (TPSA) is 17.1 Å². The van der Waals surface area contributed by atoms with Crippen molar-refractivity contribution < 1.29 is 22.4 Å². The zero-order valence-electron chi connectivity index (χ0n) is 3.88. The van der Waals surface area contributed by atoms with E-state index in [0.29, 0.717) is 0 Å². The lowest BCUT2D eigenvalue weighted by molar-refractivity contribution is -0.156. The number of alkyl halides is 4. The van der Waals surface area contributed by atoms with E-state index in [1.165, 1.54) is 0 Å². The third-order valence-corrected chi connectivity index (χ3v) is 1.06. The van der Waals surface area contributed by atoms with Gasteiger partial charge in [0.1, 0.15) is 0 Å². The molecule has 0 aliphatic carbocycles. The maximum absolute atomic E-state index is 11.5. The standard InChI is InChI=1S/C3HBrF4O/c4-1(9)3(7,8)2(5)6/h2H. The Balaban J connectivity index is 4.19. The van der Waals surface area contributed by atoms with Gasteiger partial charge in [-0.2, -0.15) is 8.78 Å². The van der Waals surface area contributed by atoms with Crippen molar-refractivity contribution in [3.8, 4) is 0 Å². The van der Waals surface area contributed by atoms with Gasteiger partial charge in [0.2, 0.25) is 0 Å². The average Bonchev–Trinajstić information content (AvgIpc) is 1.65. The van der Waals surface area contributed by atoms with Crippen LogP contribution in [0.5, 0.6) is 0 Å². The Hall–Kier alpha value is -0.130. The van der Waals surface area contributed by atoms with Crippen LogP contribution in [0.1, 0.15) is 0 Å². The third kappa shape index (κ3) is 1.92. The van der Waals surface area contributed by atoms with Crippen molar-refractivity contribution in [1.82, 2.24) is 0 Å². The van der Waals surface area contributed by atoms with Crippen LogP contribution in [0, 0.1) is 0 Å². The fraction of sp³-hybridized carbons (Fsp3) is 0.667. The second-order valence-corrected chi connectivity index (χ2v) is 1.92. The summed E-state index contributed by atoms with van der Waals surface area (Å²) in [5, 5.41) is 0. The highest BCUT2D eigenvalue weighted by Crippen LogP contribution is 2.25. The number of carbonyl (C=O) groups is 1. The van der Waals surface area contributed by atoms with E-state index in [1.54, 1.807) is 15.9 Å². The highest BCUT2D eigenvalue weighted by atomic mass is 79.9. The summed E-state index contributed by atoms with van der Waals surface area (Å²) in [6, 6.07) is 0. The second-order valence-electron chi connectivity index (χ2n) is 1.20. The van der Waals surface area contributed by atoms with Gasteiger partial charge < -0.3 is 0 Å². The number of carbonyl (C=O) groups excluding carboxylic acids is 1. The minimum Gasteiger partial charge on any atom is -0.280 e. The van der Waals surface area contributed by atoms with Crippen molar-refractivity contribution >= 4 is 20.6 Å². The molecule has 0 aliphatic heterocycles. The van der Waals surface area contributed by atoms with Crippen molar-refractivity contribution in [2.24, 2.45) is 0 Å². The lowest BCUT2D eigenvalue weighted by Gasteiger charge is -2.07. The molecule has 0 aromatic rings. The Bertz CT molecular complexity index is 123. The highest BCUT2D eigenvalue weighted by Gasteiger charge is 2.47. The molecule has 0 heterocycles. The predicted molar refractivity (Wildman–Crippen MR) is 24.9 cm³/mol. The van der Waals surface area contributed by atoms with E-state index in [0.717, 1.165) is 0 Å². The van der Waals surface area contributed by atoms with Crippen molar-refractivity contribution in [3.63, 3.8) is 0 Å². The summed E-state index contributed by atoms with van der Waals surface area (Å²) >= 11 is 1.73. The molecule has 0 N–H and O–H groups in total. The zero-order chi connectivity index (χ0) is 7.65. The summed E-state index contributed by atoms with van der Waals surface area (Å²) in [7, 11) is 0. The molecule has 0 atom stereocenters. The van der Waals surface area contributed by atoms with E-state index < -0.39 is 17.0 Å². The maximum atomic E-state index is 11.5. The van der Waals surface area contributed by atoms with Crippen molar-refractivity contribution in [2.45, 2.75) is 12.3 Å². The Labute approximate surface area is 56.2 Å². The molecule has 0 aromatic heterocycles. The molecule has 0 saturated carbocycles. The molecule has 0 fully saturated rings. The van der Waals surface area contributed by atoms with E-state index in [2.05, 4.69) is 0 Å². The molecule has 9 heavy (non-hydrogen) atoms. The van der Waals surface area contributed by atoms with E-state index in [9.17, 15) is 22.4 Å². The summed E-state index contributed by atoms with van der Waals surface area (Å²) in [6.07, 6.45) is -3.94. The molecule has 0 saturated heterocycles. The van der Waals surface area contributed by atoms with Crippen LogP contribution in [0.2, 0.25) is 0 Å². The van der Waals surface area contributed by atoms with Crippen LogP contribution >= 0.6 is 15.9 Å². The fourth-order valence-electron chi connectivity index (χ4n) is 0.0858. The Morgan fingerprint density at radius 1 is 1.44 bits per heavy atom. The summed E-state index contributed by atoms with van der Waals surface area (Å²) < 4.78 is 43.2. The first-order valence-corrected chi connectivity index (χ1v) is 2.54. The van der Waals surface area contributed by atoms with Crippen LogP contribution in [0.15, 0.2) is 0 Å². The predicted octanol–water partition coefficient (Wildman–Crippen LogP) is 1.81. The minimum atomic E-state index is -4.56. The summed E-state index contributed by atoms with van der Waals surface area (Å²) in [5.41, 5.74) is 0. The van der Waals surface area contributed by atoms with Gasteiger partial charge in [0, 0.05) is 0 Å². The minimum absolute atomic E-state index is 1.73. The molecule has 0 unspecified atom stereocenters. The molecule has 0 spiro atoms. The first-order valence-electron chi connectivity index (χ1n) is 1.75. The van der Waals surface area contributed by atoms with Gasteiger partial charge in [-0.05, 0) is 15.9 Å². The Morgan fingerprint density at radius 3 is 1.78 bits per heavy atom. The summed E-state index contributed by atoms with van der Waals surface area (Å²) in [4.78, 5) is 9.59. The molecule has 0 rings (SSSR count). The first kappa shape index (κ1) is 8.87. The molecule has 0 bridgehead atoms. The normalized spacial score (nSPS) is 12.2. The van der Waals surface area contributed by atoms with E-state index in [1.807, 2.05) is 0 Å². The van der Waals surface area contributed by atoms with Crippen LogP contribution < -0.4 is 0 Å². The van der Waals surface area contributed by atoms with E-state index in [4.69, 9.17) is 0 Å². The van der Waals surface area contributed by atoms with Gasteiger partial charge in [0.25, 0.3) is 4.69 Å². The van der Waals surface area contributed by atoms with Crippen LogP contribution in [-0.4, -0.2) is 17.0 Å². The highest BCUT2D eigenvalue weighted by molar-refractivity contribution is 9.18. The number of hydrogen-bond acceptors (Lipinski definition) is 1. The van der Waals surface area contributed by atoms with Crippen molar-refractivity contribution in [3.05, 3.63) is 0 Å². The van der Waals surface area contributed by atoms with Crippen LogP contribution in [-0.2, 0) is 4.79 Å². The quantitative estimate of drug-likeness (QED) is 0.500. The van der Waals surface area contributed by atoms with Gasteiger partial charge in [-0.3, -0.25) is 4.79 Å². The van der Waals surface area contributed by atoms with Gasteiger partial charge in [-0.25, -0.2) is 8.78 Å². The number of hydrogen-bond donors (Lipinski definition) is 0. The van der Waals surface area contributed by atoms with Crippen molar-refractivity contribution in [2.75, 3.05) is 0 Å². The molecular formula is C3HBrF4O. The number of halogens is 5. The summed E-state index contributed by atoms with van der Waals surface area (Å²) in [5.74, 6) is -4.56. The first-order chi connectivity index (χ1) is 3.89. The molecule has 0 aliphatic rings. The van der Waals surface area contributed by atoms with Gasteiger partial charge in [0.15, 0.2) is 0 Å². The summed E-state index contributed by atoms with van der Waals surface area (Å²) in [6.45, 7) is 0. The second kappa shape index (κ2) is 2.64. The average molecular weight is 209 g/mol. The van der Waals surface area contributed by atoms with Crippen molar-refractivity contribution in [1.29, 1.82) is 0 Å². The zero-order valence-corrected chi connectivity index (χ0v) is 5.46. The van der Waals surface area contributed by atoms with Gasteiger partial charge in [-0.15, -0.1) is 0 Å².